The summed E-state index contributed by atoms with van der Waals surface area (Å²) in [4.78, 5) is 17.0. The lowest BCUT2D eigenvalue weighted by Crippen LogP contribution is -2.15. The number of hydrogen-bond donors (Lipinski definition) is 0. The monoisotopic (exact) mass is 339 g/mol. The molecule has 1 aliphatic carbocycles. The molecule has 1 fully saturated rings. The van der Waals surface area contributed by atoms with Crippen molar-refractivity contribution in [2.45, 2.75) is 40.7 Å². The molecule has 0 bridgehead atoms. The van der Waals surface area contributed by atoms with Crippen LogP contribution in [0.3, 0.4) is 0 Å². The molecule has 4 nitrogen and oxygen atoms in total. The standard InChI is InChI=1S/C21H25NO3/c1-14(24-19(23)18-20(2,3)21(18,4)5)16-12-9-13-17(22-16)25-15-10-7-6-8-11-15/h6-14,18H,1-5H3. The molecule has 1 saturated carbocycles. The van der Waals surface area contributed by atoms with Gasteiger partial charge in [0.05, 0.1) is 11.6 Å². The van der Waals surface area contributed by atoms with Gasteiger partial charge in [0, 0.05) is 6.07 Å². The largest absolute Gasteiger partial charge is 0.456 e. The number of hydrogen-bond acceptors (Lipinski definition) is 4. The fraction of sp³-hybridized carbons (Fsp3) is 0.429. The van der Waals surface area contributed by atoms with Crippen molar-refractivity contribution >= 4 is 5.97 Å². The average molecular weight is 339 g/mol. The lowest BCUT2D eigenvalue weighted by Gasteiger charge is -2.14. The van der Waals surface area contributed by atoms with Crippen LogP contribution in [0.2, 0.25) is 0 Å². The third kappa shape index (κ3) is 3.26. The Balaban J connectivity index is 1.68. The van der Waals surface area contributed by atoms with Crippen LogP contribution in [-0.4, -0.2) is 11.0 Å². The van der Waals surface area contributed by atoms with E-state index in [1.807, 2.05) is 49.4 Å². The van der Waals surface area contributed by atoms with Crippen LogP contribution in [0, 0.1) is 16.7 Å². The maximum atomic E-state index is 12.5. The maximum absolute atomic E-state index is 12.5. The molecule has 25 heavy (non-hydrogen) atoms. The van der Waals surface area contributed by atoms with E-state index in [0.717, 1.165) is 5.75 Å². The zero-order valence-corrected chi connectivity index (χ0v) is 15.4. The highest BCUT2D eigenvalue weighted by atomic mass is 16.5. The van der Waals surface area contributed by atoms with Gasteiger partial charge in [0.15, 0.2) is 0 Å². The minimum atomic E-state index is -0.418. The number of aromatic nitrogens is 1. The molecule has 1 atom stereocenters. The maximum Gasteiger partial charge on any atom is 0.310 e. The Kier molecular flexibility index (Phi) is 4.31. The number of benzene rings is 1. The summed E-state index contributed by atoms with van der Waals surface area (Å²) in [5.41, 5.74) is 0.614. The quantitative estimate of drug-likeness (QED) is 0.706. The van der Waals surface area contributed by atoms with Crippen molar-refractivity contribution in [3.05, 3.63) is 54.2 Å². The molecule has 1 unspecified atom stereocenters. The lowest BCUT2D eigenvalue weighted by atomic mass is 10.0. The number of carbonyl (C=O) groups excluding carboxylic acids is 1. The van der Waals surface area contributed by atoms with Crippen molar-refractivity contribution in [3.8, 4) is 11.6 Å². The van der Waals surface area contributed by atoms with Crippen molar-refractivity contribution in [1.29, 1.82) is 0 Å². The molecule has 1 aromatic carbocycles. The number of pyridine rings is 1. The summed E-state index contributed by atoms with van der Waals surface area (Å²) in [6.07, 6.45) is -0.418. The smallest absolute Gasteiger partial charge is 0.310 e. The van der Waals surface area contributed by atoms with Crippen LogP contribution in [0.5, 0.6) is 11.6 Å². The molecule has 4 heteroatoms. The first kappa shape index (κ1) is 17.5. The Labute approximate surface area is 149 Å². The van der Waals surface area contributed by atoms with E-state index in [1.54, 1.807) is 6.07 Å². The van der Waals surface area contributed by atoms with Gasteiger partial charge >= 0.3 is 5.97 Å². The van der Waals surface area contributed by atoms with Gasteiger partial charge < -0.3 is 9.47 Å². The Morgan fingerprint density at radius 3 is 2.24 bits per heavy atom. The summed E-state index contributed by atoms with van der Waals surface area (Å²) in [5, 5.41) is 0. The van der Waals surface area contributed by atoms with Gasteiger partial charge in [-0.2, -0.15) is 0 Å². The molecule has 3 rings (SSSR count). The van der Waals surface area contributed by atoms with Crippen molar-refractivity contribution in [3.63, 3.8) is 0 Å². The van der Waals surface area contributed by atoms with Crippen LogP contribution in [0.25, 0.3) is 0 Å². The van der Waals surface area contributed by atoms with Crippen LogP contribution in [-0.2, 0) is 9.53 Å². The van der Waals surface area contributed by atoms with Crippen molar-refractivity contribution in [2.75, 3.05) is 0 Å². The molecular formula is C21H25NO3. The van der Waals surface area contributed by atoms with E-state index in [4.69, 9.17) is 9.47 Å². The lowest BCUT2D eigenvalue weighted by molar-refractivity contribution is -0.151. The third-order valence-electron chi connectivity index (χ3n) is 5.68. The summed E-state index contributed by atoms with van der Waals surface area (Å²) >= 11 is 0. The van der Waals surface area contributed by atoms with Gasteiger partial charge in [-0.1, -0.05) is 52.0 Å². The fourth-order valence-electron chi connectivity index (χ4n) is 3.41. The normalized spacial score (nSPS) is 19.1. The SMILES string of the molecule is CC(OC(=O)C1C(C)(C)C1(C)C)c1cccc(Oc2ccccc2)n1. The summed E-state index contributed by atoms with van der Waals surface area (Å²) < 4.78 is 11.4. The molecule has 0 N–H and O–H groups in total. The van der Waals surface area contributed by atoms with E-state index in [1.165, 1.54) is 0 Å². The number of carbonyl (C=O) groups is 1. The molecule has 1 aromatic heterocycles. The molecule has 2 aromatic rings. The van der Waals surface area contributed by atoms with Crippen molar-refractivity contribution < 1.29 is 14.3 Å². The van der Waals surface area contributed by atoms with E-state index in [-0.39, 0.29) is 22.7 Å². The molecule has 0 amide bonds. The zero-order valence-electron chi connectivity index (χ0n) is 15.4. The number of nitrogens with zero attached hydrogens (tertiary/aromatic N) is 1. The first-order chi connectivity index (χ1) is 11.7. The number of ether oxygens (including phenoxy) is 2. The van der Waals surface area contributed by atoms with Crippen LogP contribution in [0.1, 0.15) is 46.4 Å². The number of para-hydroxylation sites is 1. The molecule has 0 saturated heterocycles. The van der Waals surface area contributed by atoms with Gasteiger partial charge in [0.25, 0.3) is 0 Å². The Morgan fingerprint density at radius 2 is 1.64 bits per heavy atom. The zero-order chi connectivity index (χ0) is 18.2. The number of esters is 1. The summed E-state index contributed by atoms with van der Waals surface area (Å²) in [7, 11) is 0. The first-order valence-corrected chi connectivity index (χ1v) is 8.64. The van der Waals surface area contributed by atoms with Crippen LogP contribution < -0.4 is 4.74 Å². The molecule has 0 spiro atoms. The Morgan fingerprint density at radius 1 is 1.00 bits per heavy atom. The predicted molar refractivity (Wildman–Crippen MR) is 96.3 cm³/mol. The Bertz CT molecular complexity index is 754. The van der Waals surface area contributed by atoms with Crippen LogP contribution in [0.15, 0.2) is 48.5 Å². The minimum Gasteiger partial charge on any atom is -0.456 e. The highest BCUT2D eigenvalue weighted by molar-refractivity contribution is 5.79. The summed E-state index contributed by atoms with van der Waals surface area (Å²) in [6.45, 7) is 10.3. The summed E-state index contributed by atoms with van der Waals surface area (Å²) in [5.74, 6) is 0.974. The highest BCUT2D eigenvalue weighted by Crippen LogP contribution is 2.68. The van der Waals surface area contributed by atoms with Gasteiger partial charge in [0.1, 0.15) is 11.9 Å². The van der Waals surface area contributed by atoms with Crippen molar-refractivity contribution in [1.82, 2.24) is 4.98 Å². The first-order valence-electron chi connectivity index (χ1n) is 8.64. The molecule has 1 aliphatic rings. The van der Waals surface area contributed by atoms with E-state index < -0.39 is 6.10 Å². The van der Waals surface area contributed by atoms with Crippen LogP contribution >= 0.6 is 0 Å². The minimum absolute atomic E-state index is 0.0322. The van der Waals surface area contributed by atoms with Gasteiger partial charge in [-0.05, 0) is 36.0 Å². The summed E-state index contributed by atoms with van der Waals surface area (Å²) in [6, 6.07) is 15.0. The van der Waals surface area contributed by atoms with Crippen molar-refractivity contribution in [2.24, 2.45) is 16.7 Å². The second kappa shape index (κ2) is 6.17. The molecular weight excluding hydrogens is 314 g/mol. The van der Waals surface area contributed by atoms with E-state index in [9.17, 15) is 4.79 Å². The van der Waals surface area contributed by atoms with Crippen LogP contribution in [0.4, 0.5) is 0 Å². The molecule has 0 aliphatic heterocycles. The van der Waals surface area contributed by atoms with Gasteiger partial charge in [-0.15, -0.1) is 0 Å². The fourth-order valence-corrected chi connectivity index (χ4v) is 3.41. The van der Waals surface area contributed by atoms with Gasteiger partial charge in [0.2, 0.25) is 5.88 Å². The second-order valence-corrected chi connectivity index (χ2v) is 7.77. The highest BCUT2D eigenvalue weighted by Gasteiger charge is 2.69. The van der Waals surface area contributed by atoms with E-state index in [2.05, 4.69) is 32.7 Å². The topological polar surface area (TPSA) is 48.4 Å². The molecule has 0 radical (unpaired) electrons. The molecule has 1 heterocycles. The second-order valence-electron chi connectivity index (χ2n) is 7.77. The third-order valence-corrected chi connectivity index (χ3v) is 5.68. The van der Waals surface area contributed by atoms with E-state index >= 15 is 0 Å². The predicted octanol–water partition coefficient (Wildman–Crippen LogP) is 5.16. The number of rotatable bonds is 5. The molecule has 132 valence electrons. The average Bonchev–Trinajstić information content (AvgIpc) is 2.97. The Hall–Kier alpha value is -2.36. The van der Waals surface area contributed by atoms with E-state index in [0.29, 0.717) is 11.6 Å². The van der Waals surface area contributed by atoms with Gasteiger partial charge in [-0.25, -0.2) is 4.98 Å². The van der Waals surface area contributed by atoms with Gasteiger partial charge in [-0.3, -0.25) is 4.79 Å².